The number of pyridine rings is 1. The van der Waals surface area contributed by atoms with Crippen LogP contribution in [0.5, 0.6) is 5.75 Å². The fourth-order valence-electron chi connectivity index (χ4n) is 2.09. The first-order chi connectivity index (χ1) is 9.76. The Morgan fingerprint density at radius 3 is 2.71 bits per heavy atom. The summed E-state index contributed by atoms with van der Waals surface area (Å²) in [5.74, 6) is -0.409. The van der Waals surface area contributed by atoms with E-state index in [9.17, 15) is 22.8 Å². The van der Waals surface area contributed by atoms with Crippen LogP contribution in [0.15, 0.2) is 23.4 Å². The third kappa shape index (κ3) is 4.47. The maximum Gasteiger partial charge on any atom is 0.573 e. The Morgan fingerprint density at radius 1 is 1.52 bits per heavy atom. The van der Waals surface area contributed by atoms with Gasteiger partial charge in [0.1, 0.15) is 17.1 Å². The van der Waals surface area contributed by atoms with E-state index >= 15 is 0 Å². The number of halogens is 3. The summed E-state index contributed by atoms with van der Waals surface area (Å²) in [7, 11) is 0. The Hall–Kier alpha value is -1.03. The van der Waals surface area contributed by atoms with Crippen LogP contribution in [0.4, 0.5) is 13.2 Å². The van der Waals surface area contributed by atoms with Crippen molar-refractivity contribution < 1.29 is 27.6 Å². The highest BCUT2D eigenvalue weighted by Gasteiger charge is 2.35. The van der Waals surface area contributed by atoms with Gasteiger partial charge in [-0.25, -0.2) is 4.98 Å². The fraction of sp³-hybridized carbons (Fsp3) is 0.583. The molecule has 0 aliphatic carbocycles. The van der Waals surface area contributed by atoms with Crippen molar-refractivity contribution in [3.05, 3.63) is 18.3 Å². The number of nitrogens with zero attached hydrogens (tertiary/aromatic N) is 2. The lowest BCUT2D eigenvalue weighted by Crippen LogP contribution is -2.31. The van der Waals surface area contributed by atoms with Gasteiger partial charge < -0.3 is 14.4 Å². The number of hydrogen-bond acceptors (Lipinski definition) is 5. The molecule has 0 saturated carbocycles. The lowest BCUT2D eigenvalue weighted by molar-refractivity contribution is -0.274. The van der Waals surface area contributed by atoms with Crippen LogP contribution in [0.1, 0.15) is 13.3 Å². The number of ether oxygens (including phenoxy) is 1. The summed E-state index contributed by atoms with van der Waals surface area (Å²) in [4.78, 5) is 3.75. The first-order valence-electron chi connectivity index (χ1n) is 6.33. The van der Waals surface area contributed by atoms with Crippen molar-refractivity contribution in [2.24, 2.45) is 5.92 Å². The molecule has 5 nitrogen and oxygen atoms in total. The van der Waals surface area contributed by atoms with Gasteiger partial charge in [-0.1, -0.05) is 0 Å². The van der Waals surface area contributed by atoms with Crippen LogP contribution in [-0.4, -0.2) is 44.5 Å². The molecule has 1 N–H and O–H groups in total. The molecule has 1 aliphatic heterocycles. The molecule has 21 heavy (non-hydrogen) atoms. The van der Waals surface area contributed by atoms with E-state index in [0.29, 0.717) is 13.1 Å². The van der Waals surface area contributed by atoms with Crippen molar-refractivity contribution in [3.8, 4) is 5.75 Å². The molecule has 1 aliphatic rings. The van der Waals surface area contributed by atoms with E-state index < -0.39 is 29.6 Å². The van der Waals surface area contributed by atoms with Crippen molar-refractivity contribution in [1.29, 1.82) is 0 Å². The predicted octanol–water partition coefficient (Wildman–Crippen LogP) is 1.71. The number of alkyl halides is 3. The van der Waals surface area contributed by atoms with Gasteiger partial charge in [0.25, 0.3) is 5.03 Å². The Balaban J connectivity index is 1.99. The van der Waals surface area contributed by atoms with E-state index in [4.69, 9.17) is 0 Å². The highest BCUT2D eigenvalue weighted by Crippen LogP contribution is 2.27. The SMILES string of the molecule is C[C@@H](O)C1CCN([S+]([O-])c2ccc(OC(F)(F)F)cn2)C1. The summed E-state index contributed by atoms with van der Waals surface area (Å²) in [6.07, 6.45) is -3.65. The maximum absolute atomic E-state index is 12.2. The molecule has 2 unspecified atom stereocenters. The molecule has 1 aromatic rings. The molecule has 0 aromatic carbocycles. The van der Waals surface area contributed by atoms with E-state index in [1.54, 1.807) is 11.2 Å². The molecule has 1 aromatic heterocycles. The third-order valence-electron chi connectivity index (χ3n) is 3.23. The largest absolute Gasteiger partial charge is 0.592 e. The first kappa shape index (κ1) is 16.3. The first-order valence-corrected chi connectivity index (χ1v) is 7.43. The maximum atomic E-state index is 12.2. The zero-order valence-corrected chi connectivity index (χ0v) is 12.0. The molecular weight excluding hydrogens is 309 g/mol. The average molecular weight is 324 g/mol. The topological polar surface area (TPSA) is 68.7 Å². The minimum absolute atomic E-state index is 0.0433. The van der Waals surface area contributed by atoms with Gasteiger partial charge in [0, 0.05) is 18.5 Å². The molecule has 0 amide bonds. The second kappa shape index (κ2) is 6.39. The van der Waals surface area contributed by atoms with Gasteiger partial charge in [-0.05, 0) is 19.4 Å². The van der Waals surface area contributed by atoms with Crippen LogP contribution in [0.3, 0.4) is 0 Å². The Morgan fingerprint density at radius 2 is 2.24 bits per heavy atom. The smallest absolute Gasteiger partial charge is 0.573 e. The van der Waals surface area contributed by atoms with Crippen molar-refractivity contribution in [2.75, 3.05) is 13.1 Å². The summed E-state index contributed by atoms with van der Waals surface area (Å²) in [5.41, 5.74) is 0. The summed E-state index contributed by atoms with van der Waals surface area (Å²) in [5, 5.41) is 9.67. The normalized spacial score (nSPS) is 23.0. The molecule has 1 saturated heterocycles. The van der Waals surface area contributed by atoms with Crippen LogP contribution < -0.4 is 4.74 Å². The van der Waals surface area contributed by atoms with Gasteiger partial charge in [-0.3, -0.25) is 0 Å². The van der Waals surface area contributed by atoms with Gasteiger partial charge in [0.15, 0.2) is 0 Å². The van der Waals surface area contributed by atoms with Gasteiger partial charge in [0.05, 0.1) is 18.8 Å². The van der Waals surface area contributed by atoms with Crippen LogP contribution in [0, 0.1) is 5.92 Å². The van der Waals surface area contributed by atoms with E-state index in [0.717, 1.165) is 18.7 Å². The molecule has 0 radical (unpaired) electrons. The summed E-state index contributed by atoms with van der Waals surface area (Å²) >= 11 is -1.55. The summed E-state index contributed by atoms with van der Waals surface area (Å²) < 4.78 is 53.7. The lowest BCUT2D eigenvalue weighted by Gasteiger charge is -2.19. The fourth-order valence-corrected chi connectivity index (χ4v) is 3.28. The number of aliphatic hydroxyl groups is 1. The number of aliphatic hydroxyl groups excluding tert-OH is 1. The lowest BCUT2D eigenvalue weighted by atomic mass is 10.0. The number of hydrogen-bond donors (Lipinski definition) is 1. The zero-order valence-electron chi connectivity index (χ0n) is 11.2. The Bertz CT molecular complexity index is 470. The molecule has 2 rings (SSSR count). The average Bonchev–Trinajstić information content (AvgIpc) is 2.86. The standard InChI is InChI=1S/C12H15F3N2O3S/c1-8(18)9-4-5-17(7-9)21(19)11-3-2-10(6-16-11)20-12(13,14)15/h2-3,6,8-9,18H,4-5,7H2,1H3/t8-,9?,21?/m1/s1. The second-order valence-corrected chi connectivity index (χ2v) is 6.24. The van der Waals surface area contributed by atoms with Gasteiger partial charge in [0.2, 0.25) is 0 Å². The predicted molar refractivity (Wildman–Crippen MR) is 68.7 cm³/mol. The molecular formula is C12H15F3N2O3S. The van der Waals surface area contributed by atoms with E-state index in [-0.39, 0.29) is 10.9 Å². The molecule has 9 heteroatoms. The quantitative estimate of drug-likeness (QED) is 0.854. The van der Waals surface area contributed by atoms with E-state index in [1.807, 2.05) is 0 Å². The van der Waals surface area contributed by atoms with Crippen LogP contribution in [-0.2, 0) is 11.4 Å². The van der Waals surface area contributed by atoms with Crippen molar-refractivity contribution in [1.82, 2.24) is 9.29 Å². The second-order valence-electron chi connectivity index (χ2n) is 4.81. The highest BCUT2D eigenvalue weighted by atomic mass is 32.2. The molecule has 2 heterocycles. The summed E-state index contributed by atoms with van der Waals surface area (Å²) in [6.45, 7) is 2.69. The number of rotatable bonds is 4. The molecule has 1 fully saturated rings. The van der Waals surface area contributed by atoms with Crippen LogP contribution >= 0.6 is 0 Å². The van der Waals surface area contributed by atoms with Gasteiger partial charge in [-0.15, -0.1) is 17.5 Å². The Labute approximate surface area is 123 Å². The van der Waals surface area contributed by atoms with E-state index in [2.05, 4.69) is 9.72 Å². The minimum Gasteiger partial charge on any atom is -0.592 e. The molecule has 0 spiro atoms. The van der Waals surface area contributed by atoms with Gasteiger partial charge >= 0.3 is 6.36 Å². The van der Waals surface area contributed by atoms with E-state index in [1.165, 1.54) is 6.07 Å². The molecule has 118 valence electrons. The van der Waals surface area contributed by atoms with Gasteiger partial charge in [-0.2, -0.15) is 0 Å². The molecule has 3 atom stereocenters. The van der Waals surface area contributed by atoms with Crippen LogP contribution in [0.25, 0.3) is 0 Å². The third-order valence-corrected chi connectivity index (χ3v) is 4.63. The van der Waals surface area contributed by atoms with Crippen LogP contribution in [0.2, 0.25) is 0 Å². The summed E-state index contributed by atoms with van der Waals surface area (Å²) in [6, 6.07) is 2.32. The van der Waals surface area contributed by atoms with Crippen molar-refractivity contribution in [3.63, 3.8) is 0 Å². The molecule has 0 bridgehead atoms. The minimum atomic E-state index is -4.78. The monoisotopic (exact) mass is 324 g/mol. The van der Waals surface area contributed by atoms with Crippen molar-refractivity contribution in [2.45, 2.75) is 30.8 Å². The van der Waals surface area contributed by atoms with Crippen molar-refractivity contribution >= 4 is 11.4 Å². The highest BCUT2D eigenvalue weighted by molar-refractivity contribution is 7.89. The number of aromatic nitrogens is 1. The Kier molecular flexibility index (Phi) is 4.97. The zero-order chi connectivity index (χ0) is 15.6.